The lowest BCUT2D eigenvalue weighted by atomic mass is 10.1. The molecule has 2 rings (SSSR count). The summed E-state index contributed by atoms with van der Waals surface area (Å²) in [6.45, 7) is 0.237. The van der Waals surface area contributed by atoms with Gasteiger partial charge in [-0.15, -0.1) is 0 Å². The van der Waals surface area contributed by atoms with Crippen molar-refractivity contribution in [3.8, 4) is 0 Å². The Morgan fingerprint density at radius 2 is 2.27 bits per heavy atom. The zero-order chi connectivity index (χ0) is 10.9. The highest BCUT2D eigenvalue weighted by Gasteiger charge is 2.56. The van der Waals surface area contributed by atoms with Crippen molar-refractivity contribution < 1.29 is 19.1 Å². The predicted molar refractivity (Wildman–Crippen MR) is 49.9 cm³/mol. The van der Waals surface area contributed by atoms with Crippen LogP contribution in [0.3, 0.4) is 0 Å². The quantitative estimate of drug-likeness (QED) is 0.717. The number of nitrogens with one attached hydrogen (secondary N) is 1. The Kier molecular flexibility index (Phi) is 2.22. The van der Waals surface area contributed by atoms with E-state index in [1.54, 1.807) is 12.1 Å². The van der Waals surface area contributed by atoms with Crippen molar-refractivity contribution in [2.75, 3.05) is 0 Å². The van der Waals surface area contributed by atoms with Gasteiger partial charge >= 0.3 is 5.97 Å². The van der Waals surface area contributed by atoms with Gasteiger partial charge in [0.05, 0.1) is 12.8 Å². The normalized spacial score (nSPS) is 17.1. The lowest BCUT2D eigenvalue weighted by molar-refractivity contribution is -0.149. The molecule has 1 saturated carbocycles. The molecule has 0 aromatic carbocycles. The topological polar surface area (TPSA) is 79.5 Å². The molecule has 0 bridgehead atoms. The second kappa shape index (κ2) is 3.42. The summed E-state index contributed by atoms with van der Waals surface area (Å²) >= 11 is 0. The first-order valence-corrected chi connectivity index (χ1v) is 4.69. The summed E-state index contributed by atoms with van der Waals surface area (Å²) in [7, 11) is 0. The minimum Gasteiger partial charge on any atom is -0.480 e. The Morgan fingerprint density at radius 3 is 2.73 bits per heavy atom. The number of carbonyl (C=O) groups excluding carboxylic acids is 1. The molecule has 1 aliphatic carbocycles. The van der Waals surface area contributed by atoms with Gasteiger partial charge in [0.2, 0.25) is 5.91 Å². The lowest BCUT2D eigenvalue weighted by Gasteiger charge is -2.09. The molecule has 2 N–H and O–H groups in total. The maximum atomic E-state index is 11.5. The molecule has 0 spiro atoms. The average molecular weight is 209 g/mol. The van der Waals surface area contributed by atoms with E-state index in [4.69, 9.17) is 9.52 Å². The Morgan fingerprint density at radius 1 is 1.53 bits per heavy atom. The summed E-state index contributed by atoms with van der Waals surface area (Å²) in [5.74, 6) is -0.851. The minimum atomic E-state index is -1.17. The molecule has 80 valence electrons. The number of hydrogen-bond acceptors (Lipinski definition) is 3. The van der Waals surface area contributed by atoms with Gasteiger partial charge in [-0.1, -0.05) is 0 Å². The van der Waals surface area contributed by atoms with Crippen LogP contribution in [-0.4, -0.2) is 17.0 Å². The van der Waals surface area contributed by atoms with E-state index < -0.39 is 17.3 Å². The lowest BCUT2D eigenvalue weighted by Crippen LogP contribution is -2.36. The van der Waals surface area contributed by atoms with Crippen molar-refractivity contribution in [2.45, 2.75) is 19.4 Å². The van der Waals surface area contributed by atoms with E-state index in [2.05, 4.69) is 5.32 Å². The van der Waals surface area contributed by atoms with Gasteiger partial charge in [-0.05, 0) is 25.0 Å². The van der Waals surface area contributed by atoms with Crippen molar-refractivity contribution in [1.82, 2.24) is 5.32 Å². The molecule has 1 aliphatic rings. The zero-order valence-electron chi connectivity index (χ0n) is 8.03. The molecule has 1 fully saturated rings. The number of amides is 1. The van der Waals surface area contributed by atoms with Crippen LogP contribution in [0.4, 0.5) is 0 Å². The third-order valence-electron chi connectivity index (χ3n) is 2.60. The first kappa shape index (κ1) is 9.76. The van der Waals surface area contributed by atoms with E-state index in [9.17, 15) is 9.59 Å². The van der Waals surface area contributed by atoms with Gasteiger partial charge in [0.25, 0.3) is 0 Å². The summed E-state index contributed by atoms with van der Waals surface area (Å²) in [4.78, 5) is 22.3. The fourth-order valence-electron chi connectivity index (χ4n) is 1.41. The van der Waals surface area contributed by atoms with Crippen molar-refractivity contribution >= 4 is 11.9 Å². The molecule has 1 heterocycles. The number of furan rings is 1. The molecule has 5 nitrogen and oxygen atoms in total. The molecule has 1 aromatic heterocycles. The van der Waals surface area contributed by atoms with E-state index in [-0.39, 0.29) is 6.54 Å². The van der Waals surface area contributed by atoms with Crippen LogP contribution in [0.1, 0.15) is 18.6 Å². The Bertz CT molecular complexity index is 378. The summed E-state index contributed by atoms with van der Waals surface area (Å²) in [5.41, 5.74) is -1.17. The van der Waals surface area contributed by atoms with Crippen LogP contribution in [0.5, 0.6) is 0 Å². The van der Waals surface area contributed by atoms with E-state index in [1.165, 1.54) is 6.26 Å². The average Bonchev–Trinajstić information content (AvgIpc) is 2.87. The molecule has 0 radical (unpaired) electrons. The summed E-state index contributed by atoms with van der Waals surface area (Å²) in [5, 5.41) is 11.4. The van der Waals surface area contributed by atoms with E-state index >= 15 is 0 Å². The Hall–Kier alpha value is -1.78. The third kappa shape index (κ3) is 1.72. The summed E-state index contributed by atoms with van der Waals surface area (Å²) in [6, 6.07) is 3.44. The molecular formula is C10H11NO4. The predicted octanol–water partition coefficient (Wildman–Crippen LogP) is 0.761. The fourth-order valence-corrected chi connectivity index (χ4v) is 1.41. The fraction of sp³-hybridized carbons (Fsp3) is 0.400. The number of aliphatic carboxylic acids is 1. The summed E-state index contributed by atoms with van der Waals surface area (Å²) in [6.07, 6.45) is 2.35. The number of carbonyl (C=O) groups is 2. The second-order valence-electron chi connectivity index (χ2n) is 3.65. The molecule has 1 amide bonds. The smallest absolute Gasteiger partial charge is 0.319 e. The number of hydrogen-bond donors (Lipinski definition) is 2. The van der Waals surface area contributed by atoms with Crippen molar-refractivity contribution in [3.63, 3.8) is 0 Å². The number of rotatable bonds is 4. The highest BCUT2D eigenvalue weighted by molar-refractivity contribution is 6.04. The van der Waals surface area contributed by atoms with Gasteiger partial charge < -0.3 is 14.8 Å². The second-order valence-corrected chi connectivity index (χ2v) is 3.65. The van der Waals surface area contributed by atoms with Gasteiger partial charge in [-0.25, -0.2) is 0 Å². The highest BCUT2D eigenvalue weighted by Crippen LogP contribution is 2.46. The highest BCUT2D eigenvalue weighted by atomic mass is 16.4. The maximum Gasteiger partial charge on any atom is 0.319 e. The van der Waals surface area contributed by atoms with Crippen LogP contribution in [0.15, 0.2) is 22.8 Å². The van der Waals surface area contributed by atoms with Gasteiger partial charge in [0.1, 0.15) is 11.2 Å². The monoisotopic (exact) mass is 209 g/mol. The minimum absolute atomic E-state index is 0.237. The van der Waals surface area contributed by atoms with E-state index in [1.807, 2.05) is 0 Å². The standard InChI is InChI=1S/C10H11NO4/c12-8(10(3-4-10)9(13)14)11-6-7-2-1-5-15-7/h1-2,5H,3-4,6H2,(H,11,12)(H,13,14). The number of carboxylic acid groups (broad SMARTS) is 1. The maximum absolute atomic E-state index is 11.5. The molecule has 0 aliphatic heterocycles. The van der Waals surface area contributed by atoms with Crippen LogP contribution < -0.4 is 5.32 Å². The van der Waals surface area contributed by atoms with E-state index in [0.29, 0.717) is 18.6 Å². The molecule has 0 saturated heterocycles. The van der Waals surface area contributed by atoms with Crippen molar-refractivity contribution in [3.05, 3.63) is 24.2 Å². The zero-order valence-corrected chi connectivity index (χ0v) is 8.03. The summed E-state index contributed by atoms with van der Waals surface area (Å²) < 4.78 is 5.02. The van der Waals surface area contributed by atoms with Gasteiger partial charge in [0, 0.05) is 0 Å². The first-order chi connectivity index (χ1) is 7.15. The van der Waals surface area contributed by atoms with Crippen LogP contribution >= 0.6 is 0 Å². The van der Waals surface area contributed by atoms with Crippen LogP contribution in [0, 0.1) is 5.41 Å². The first-order valence-electron chi connectivity index (χ1n) is 4.69. The molecule has 5 heteroatoms. The van der Waals surface area contributed by atoms with Gasteiger partial charge in [0.15, 0.2) is 0 Å². The van der Waals surface area contributed by atoms with Crippen molar-refractivity contribution in [2.24, 2.45) is 5.41 Å². The van der Waals surface area contributed by atoms with Crippen molar-refractivity contribution in [1.29, 1.82) is 0 Å². The molecule has 15 heavy (non-hydrogen) atoms. The molecule has 1 aromatic rings. The van der Waals surface area contributed by atoms with Crippen LogP contribution in [-0.2, 0) is 16.1 Å². The molecule has 0 atom stereocenters. The SMILES string of the molecule is O=C(O)C1(C(=O)NCc2ccco2)CC1. The van der Waals surface area contributed by atoms with Crippen LogP contribution in [0.25, 0.3) is 0 Å². The van der Waals surface area contributed by atoms with E-state index in [0.717, 1.165) is 0 Å². The largest absolute Gasteiger partial charge is 0.480 e. The Labute approximate surface area is 86.1 Å². The van der Waals surface area contributed by atoms with Gasteiger partial charge in [-0.2, -0.15) is 0 Å². The van der Waals surface area contributed by atoms with Crippen LogP contribution in [0.2, 0.25) is 0 Å². The molecule has 0 unspecified atom stereocenters. The Balaban J connectivity index is 1.91. The third-order valence-corrected chi connectivity index (χ3v) is 2.60. The number of carboxylic acids is 1. The molecular weight excluding hydrogens is 198 g/mol. The van der Waals surface area contributed by atoms with Gasteiger partial charge in [-0.3, -0.25) is 9.59 Å².